The number of hydrogen-bond donors (Lipinski definition) is 3. The molecule has 1 atom stereocenters. The van der Waals surface area contributed by atoms with Gasteiger partial charge in [0.1, 0.15) is 0 Å². The second-order valence-corrected chi connectivity index (χ2v) is 7.12. The average molecular weight is 385 g/mol. The second kappa shape index (κ2) is 7.55. The van der Waals surface area contributed by atoms with Crippen LogP contribution in [-0.2, 0) is 14.3 Å². The van der Waals surface area contributed by atoms with Crippen LogP contribution in [0.25, 0.3) is 11.7 Å². The number of carbonyl (C=O) groups excluding carboxylic acids is 2. The van der Waals surface area contributed by atoms with Crippen LogP contribution < -0.4 is 16.0 Å². The van der Waals surface area contributed by atoms with E-state index in [-0.39, 0.29) is 24.3 Å². The number of amides is 2. The molecule has 3 N–H and O–H groups in total. The monoisotopic (exact) mass is 385 g/mol. The molecule has 0 radical (unpaired) electrons. The average Bonchev–Trinajstić information content (AvgIpc) is 3.37. The molecule has 2 aliphatic rings. The summed E-state index contributed by atoms with van der Waals surface area (Å²) >= 11 is 0. The first-order chi connectivity index (χ1) is 13.5. The molecule has 4 rings (SSSR count). The normalized spacial score (nSPS) is 19.3. The zero-order valence-corrected chi connectivity index (χ0v) is 15.9. The van der Waals surface area contributed by atoms with Crippen molar-refractivity contribution in [2.45, 2.75) is 32.2 Å². The van der Waals surface area contributed by atoms with Crippen molar-refractivity contribution < 1.29 is 14.3 Å². The van der Waals surface area contributed by atoms with E-state index in [1.807, 2.05) is 0 Å². The Kier molecular flexibility index (Phi) is 4.95. The van der Waals surface area contributed by atoms with Crippen LogP contribution in [0.3, 0.4) is 0 Å². The van der Waals surface area contributed by atoms with Gasteiger partial charge < -0.3 is 15.4 Å². The van der Waals surface area contributed by atoms with Gasteiger partial charge in [0.25, 0.3) is 5.91 Å². The van der Waals surface area contributed by atoms with Gasteiger partial charge in [0.2, 0.25) is 17.8 Å². The lowest BCUT2D eigenvalue weighted by molar-refractivity contribution is -0.124. The van der Waals surface area contributed by atoms with Crippen LogP contribution >= 0.6 is 0 Å². The van der Waals surface area contributed by atoms with Crippen molar-refractivity contribution in [1.29, 1.82) is 0 Å². The van der Waals surface area contributed by atoms with Gasteiger partial charge in [-0.1, -0.05) is 0 Å². The predicted octanol–water partition coefficient (Wildman–Crippen LogP) is 0.823. The Bertz CT molecular complexity index is 948. The van der Waals surface area contributed by atoms with Crippen LogP contribution in [0.2, 0.25) is 0 Å². The van der Waals surface area contributed by atoms with Crippen molar-refractivity contribution in [2.24, 2.45) is 5.92 Å². The number of methoxy groups -OCH3 is 1. The Labute approximate surface area is 161 Å². The Morgan fingerprint density at radius 2 is 2.21 bits per heavy atom. The molecule has 3 heterocycles. The smallest absolute Gasteiger partial charge is 0.254 e. The topological polar surface area (TPSA) is 123 Å². The fourth-order valence-electron chi connectivity index (χ4n) is 3.17. The molecule has 0 unspecified atom stereocenters. The Balaban J connectivity index is 1.70. The highest BCUT2D eigenvalue weighted by molar-refractivity contribution is 6.15. The molecular weight excluding hydrogens is 362 g/mol. The van der Waals surface area contributed by atoms with E-state index in [1.165, 1.54) is 12.8 Å². The maximum absolute atomic E-state index is 11.9. The van der Waals surface area contributed by atoms with Crippen LogP contribution in [0.15, 0.2) is 11.8 Å². The van der Waals surface area contributed by atoms with E-state index < -0.39 is 0 Å². The fourth-order valence-corrected chi connectivity index (χ4v) is 3.17. The third-order valence-electron chi connectivity index (χ3n) is 4.90. The van der Waals surface area contributed by atoms with Crippen LogP contribution in [0.1, 0.15) is 31.7 Å². The third kappa shape index (κ3) is 3.81. The highest BCUT2D eigenvalue weighted by atomic mass is 16.5. The molecule has 10 heteroatoms. The molecule has 1 saturated carbocycles. The van der Waals surface area contributed by atoms with Crippen LogP contribution in [0.5, 0.6) is 0 Å². The maximum atomic E-state index is 11.9. The number of aromatic nitrogens is 4. The molecule has 2 aromatic heterocycles. The van der Waals surface area contributed by atoms with Crippen molar-refractivity contribution in [3.8, 4) is 0 Å². The molecule has 0 aromatic carbocycles. The summed E-state index contributed by atoms with van der Waals surface area (Å²) in [5, 5.41) is 13.2. The number of carbonyl (C=O) groups is 2. The standard InChI is InChI=1S/C18H23N7O3/c1-10(11-3-4-11)21-17-23-15-13(7-12-8-14(26)22-16(12)27)9-20-25(15)18(24-17)19-5-6-28-2/h7,9-11H,3-6,8H2,1-2H3,(H,22,26,27)(H2,19,21,23,24)/t10-/m0/s1. The predicted molar refractivity (Wildman–Crippen MR) is 103 cm³/mol. The fraction of sp³-hybridized carbons (Fsp3) is 0.500. The van der Waals surface area contributed by atoms with Crippen LogP contribution in [-0.4, -0.2) is 57.7 Å². The lowest BCUT2D eigenvalue weighted by Gasteiger charge is -2.14. The molecule has 0 bridgehead atoms. The highest BCUT2D eigenvalue weighted by Crippen LogP contribution is 2.33. The molecule has 10 nitrogen and oxygen atoms in total. The first-order valence-electron chi connectivity index (χ1n) is 9.35. The molecule has 1 aliphatic carbocycles. The molecular formula is C18H23N7O3. The summed E-state index contributed by atoms with van der Waals surface area (Å²) in [5.41, 5.74) is 1.60. The van der Waals surface area contributed by atoms with Gasteiger partial charge in [-0.15, -0.1) is 0 Å². The first kappa shape index (κ1) is 18.4. The zero-order chi connectivity index (χ0) is 19.7. The van der Waals surface area contributed by atoms with Gasteiger partial charge in [0, 0.05) is 30.8 Å². The number of rotatable bonds is 8. The van der Waals surface area contributed by atoms with E-state index >= 15 is 0 Å². The Hall–Kier alpha value is -3.01. The van der Waals surface area contributed by atoms with Gasteiger partial charge in [-0.05, 0) is 31.8 Å². The number of imide groups is 1. The van der Waals surface area contributed by atoms with Crippen molar-refractivity contribution in [1.82, 2.24) is 24.9 Å². The molecule has 1 aliphatic heterocycles. The summed E-state index contributed by atoms with van der Waals surface area (Å²) in [6.07, 6.45) is 5.75. The van der Waals surface area contributed by atoms with E-state index in [0.29, 0.717) is 47.7 Å². The number of fused-ring (bicyclic) bond motifs is 1. The van der Waals surface area contributed by atoms with Gasteiger partial charge >= 0.3 is 0 Å². The molecule has 2 amide bonds. The Morgan fingerprint density at radius 3 is 2.89 bits per heavy atom. The minimum Gasteiger partial charge on any atom is -0.383 e. The lowest BCUT2D eigenvalue weighted by Crippen LogP contribution is -2.21. The lowest BCUT2D eigenvalue weighted by atomic mass is 10.1. The van der Waals surface area contributed by atoms with E-state index in [1.54, 1.807) is 23.9 Å². The number of nitrogens with one attached hydrogen (secondary N) is 3. The third-order valence-corrected chi connectivity index (χ3v) is 4.90. The molecule has 2 fully saturated rings. The maximum Gasteiger partial charge on any atom is 0.254 e. The summed E-state index contributed by atoms with van der Waals surface area (Å²) < 4.78 is 6.68. The van der Waals surface area contributed by atoms with Crippen molar-refractivity contribution in [3.05, 3.63) is 17.3 Å². The van der Waals surface area contributed by atoms with E-state index in [9.17, 15) is 9.59 Å². The highest BCUT2D eigenvalue weighted by Gasteiger charge is 2.29. The van der Waals surface area contributed by atoms with Gasteiger partial charge in [-0.3, -0.25) is 14.9 Å². The van der Waals surface area contributed by atoms with E-state index in [2.05, 4.69) is 37.9 Å². The van der Waals surface area contributed by atoms with Gasteiger partial charge in [-0.25, -0.2) is 0 Å². The quantitative estimate of drug-likeness (QED) is 0.347. The summed E-state index contributed by atoms with van der Waals surface area (Å²) in [6, 6.07) is 0.275. The van der Waals surface area contributed by atoms with Crippen molar-refractivity contribution in [3.63, 3.8) is 0 Å². The second-order valence-electron chi connectivity index (χ2n) is 7.12. The van der Waals surface area contributed by atoms with Crippen molar-refractivity contribution >= 4 is 35.4 Å². The van der Waals surface area contributed by atoms with Gasteiger partial charge in [-0.2, -0.15) is 19.6 Å². The van der Waals surface area contributed by atoms with Crippen LogP contribution in [0.4, 0.5) is 11.9 Å². The van der Waals surface area contributed by atoms with E-state index in [4.69, 9.17) is 4.74 Å². The summed E-state index contributed by atoms with van der Waals surface area (Å²) in [5.74, 6) is 0.995. The minimum absolute atomic E-state index is 0.0595. The van der Waals surface area contributed by atoms with Crippen LogP contribution in [0, 0.1) is 5.92 Å². The largest absolute Gasteiger partial charge is 0.383 e. The molecule has 1 saturated heterocycles. The molecule has 28 heavy (non-hydrogen) atoms. The SMILES string of the molecule is COCCNc1nc(N[C@@H](C)C2CC2)nc2c(C=C3CC(=O)NC3=O)cnn12. The van der Waals surface area contributed by atoms with Crippen molar-refractivity contribution in [2.75, 3.05) is 30.9 Å². The Morgan fingerprint density at radius 1 is 1.39 bits per heavy atom. The number of nitrogens with zero attached hydrogens (tertiary/aromatic N) is 4. The van der Waals surface area contributed by atoms with Gasteiger partial charge in [0.15, 0.2) is 5.65 Å². The molecule has 0 spiro atoms. The summed E-state index contributed by atoms with van der Waals surface area (Å²) in [4.78, 5) is 32.5. The van der Waals surface area contributed by atoms with Gasteiger partial charge in [0.05, 0.1) is 19.2 Å². The number of anilines is 2. The molecule has 148 valence electrons. The number of hydrogen-bond acceptors (Lipinski definition) is 8. The molecule has 2 aromatic rings. The summed E-state index contributed by atoms with van der Waals surface area (Å²) in [6.45, 7) is 3.21. The first-order valence-corrected chi connectivity index (χ1v) is 9.35. The zero-order valence-electron chi connectivity index (χ0n) is 15.9. The minimum atomic E-state index is -0.377. The van der Waals surface area contributed by atoms with E-state index in [0.717, 1.165) is 0 Å². The number of ether oxygens (including phenoxy) is 1. The summed E-state index contributed by atoms with van der Waals surface area (Å²) in [7, 11) is 1.63.